The van der Waals surface area contributed by atoms with Crippen molar-refractivity contribution in [2.24, 2.45) is 14.1 Å². The zero-order valence-corrected chi connectivity index (χ0v) is 13.7. The van der Waals surface area contributed by atoms with E-state index in [-0.39, 0.29) is 17.1 Å². The molecule has 0 radical (unpaired) electrons. The van der Waals surface area contributed by atoms with E-state index in [1.807, 2.05) is 0 Å². The van der Waals surface area contributed by atoms with Crippen molar-refractivity contribution in [2.75, 3.05) is 11.4 Å². The fourth-order valence-electron chi connectivity index (χ4n) is 2.50. The van der Waals surface area contributed by atoms with Gasteiger partial charge in [0, 0.05) is 20.2 Å². The van der Waals surface area contributed by atoms with Crippen molar-refractivity contribution in [1.82, 2.24) is 13.9 Å². The molecular weight excluding hydrogens is 335 g/mol. The summed E-state index contributed by atoms with van der Waals surface area (Å²) in [7, 11) is 3.09. The first-order valence-electron chi connectivity index (χ1n) is 6.92. The van der Waals surface area contributed by atoms with E-state index in [1.165, 1.54) is 33.4 Å². The molecule has 124 valence electrons. The van der Waals surface area contributed by atoms with Crippen LogP contribution in [0.1, 0.15) is 6.23 Å². The third-order valence-corrected chi connectivity index (χ3v) is 4.29. The SMILES string of the molecule is C#CCN1C(=O)C(n2c(=O)n(C)n(C)c2=S)Oc2cc(F)ccc21. The van der Waals surface area contributed by atoms with Gasteiger partial charge in [-0.2, -0.15) is 0 Å². The Balaban J connectivity index is 2.20. The Morgan fingerprint density at radius 2 is 2.04 bits per heavy atom. The van der Waals surface area contributed by atoms with E-state index in [0.717, 1.165) is 10.6 Å². The lowest BCUT2D eigenvalue weighted by molar-refractivity contribution is -0.130. The molecule has 0 spiro atoms. The summed E-state index contributed by atoms with van der Waals surface area (Å²) in [5.41, 5.74) is -0.184. The molecule has 3 rings (SSSR count). The van der Waals surface area contributed by atoms with Gasteiger partial charge < -0.3 is 4.74 Å². The largest absolute Gasteiger partial charge is 0.458 e. The third kappa shape index (κ3) is 2.23. The van der Waals surface area contributed by atoms with E-state index in [2.05, 4.69) is 5.92 Å². The molecule has 0 bridgehead atoms. The van der Waals surface area contributed by atoms with Gasteiger partial charge in [0.05, 0.1) is 12.2 Å². The maximum atomic E-state index is 13.5. The van der Waals surface area contributed by atoms with E-state index < -0.39 is 23.6 Å². The van der Waals surface area contributed by atoms with Crippen LogP contribution in [0.25, 0.3) is 0 Å². The lowest BCUT2D eigenvalue weighted by Gasteiger charge is -2.33. The van der Waals surface area contributed by atoms with Crippen molar-refractivity contribution in [1.29, 1.82) is 0 Å². The summed E-state index contributed by atoms with van der Waals surface area (Å²) < 4.78 is 22.9. The molecule has 7 nitrogen and oxygen atoms in total. The number of terminal acetylenes is 1. The van der Waals surface area contributed by atoms with Crippen LogP contribution in [0.5, 0.6) is 5.75 Å². The highest BCUT2D eigenvalue weighted by atomic mass is 32.1. The number of carbonyl (C=O) groups is 1. The Labute approximate surface area is 141 Å². The van der Waals surface area contributed by atoms with E-state index in [1.54, 1.807) is 7.05 Å². The van der Waals surface area contributed by atoms with E-state index in [4.69, 9.17) is 23.4 Å². The first-order chi connectivity index (χ1) is 11.4. The minimum atomic E-state index is -1.35. The molecule has 1 aliphatic rings. The van der Waals surface area contributed by atoms with Crippen LogP contribution in [-0.2, 0) is 18.9 Å². The van der Waals surface area contributed by atoms with Crippen LogP contribution < -0.4 is 15.3 Å². The van der Waals surface area contributed by atoms with Crippen molar-refractivity contribution < 1.29 is 13.9 Å². The molecule has 0 fully saturated rings. The summed E-state index contributed by atoms with van der Waals surface area (Å²) in [6.45, 7) is -0.0439. The normalized spacial score (nSPS) is 16.5. The second kappa shape index (κ2) is 5.65. The molecule has 1 aliphatic heterocycles. The molecule has 1 unspecified atom stereocenters. The van der Waals surface area contributed by atoms with Crippen LogP contribution >= 0.6 is 12.2 Å². The lowest BCUT2D eigenvalue weighted by Crippen LogP contribution is -2.46. The van der Waals surface area contributed by atoms with Crippen molar-refractivity contribution in [3.05, 3.63) is 39.3 Å². The summed E-state index contributed by atoms with van der Waals surface area (Å²) in [6, 6.07) is 3.74. The first kappa shape index (κ1) is 16.0. The number of aromatic nitrogens is 3. The standard InChI is InChI=1S/C15H13FN4O3S/c1-4-7-19-10-6-5-9(16)8-11(10)23-13(12(19)21)20-14(22)17(2)18(3)15(20)24/h1,5-6,8,13H,7H2,2-3H3. The lowest BCUT2D eigenvalue weighted by atomic mass is 10.2. The van der Waals surface area contributed by atoms with Gasteiger partial charge in [0.2, 0.25) is 4.77 Å². The molecule has 0 saturated carbocycles. The van der Waals surface area contributed by atoms with Gasteiger partial charge in [-0.3, -0.25) is 14.4 Å². The Morgan fingerprint density at radius 1 is 1.33 bits per heavy atom. The van der Waals surface area contributed by atoms with Crippen molar-refractivity contribution >= 4 is 23.8 Å². The maximum Gasteiger partial charge on any atom is 0.348 e. The van der Waals surface area contributed by atoms with E-state index >= 15 is 0 Å². The number of hydrogen-bond donors (Lipinski definition) is 0. The van der Waals surface area contributed by atoms with Crippen LogP contribution in [0, 0.1) is 22.9 Å². The molecule has 9 heteroatoms. The topological polar surface area (TPSA) is 61.4 Å². The maximum absolute atomic E-state index is 13.5. The molecule has 1 atom stereocenters. The van der Waals surface area contributed by atoms with Gasteiger partial charge in [-0.1, -0.05) is 5.92 Å². The predicted molar refractivity (Wildman–Crippen MR) is 86.7 cm³/mol. The Hall–Kier alpha value is -2.86. The highest BCUT2D eigenvalue weighted by Crippen LogP contribution is 2.37. The molecule has 24 heavy (non-hydrogen) atoms. The zero-order chi connectivity index (χ0) is 17.6. The number of carbonyl (C=O) groups excluding carboxylic acids is 1. The number of halogens is 1. The molecule has 0 aliphatic carbocycles. The Bertz CT molecular complexity index is 964. The monoisotopic (exact) mass is 348 g/mol. The predicted octanol–water partition coefficient (Wildman–Crippen LogP) is 0.951. The molecule has 1 aromatic carbocycles. The van der Waals surface area contributed by atoms with Gasteiger partial charge in [0.15, 0.2) is 0 Å². The van der Waals surface area contributed by atoms with Gasteiger partial charge in [-0.25, -0.2) is 18.4 Å². The second-order valence-corrected chi connectivity index (χ2v) is 5.56. The number of amides is 1. The van der Waals surface area contributed by atoms with Crippen LogP contribution in [-0.4, -0.2) is 26.4 Å². The highest BCUT2D eigenvalue weighted by Gasteiger charge is 2.37. The minimum Gasteiger partial charge on any atom is -0.458 e. The number of benzene rings is 1. The second-order valence-electron chi connectivity index (χ2n) is 5.19. The number of anilines is 1. The highest BCUT2D eigenvalue weighted by molar-refractivity contribution is 7.71. The number of ether oxygens (including phenoxy) is 1. The number of fused-ring (bicyclic) bond motifs is 1. The van der Waals surface area contributed by atoms with Crippen molar-refractivity contribution in [2.45, 2.75) is 6.23 Å². The number of nitrogens with zero attached hydrogens (tertiary/aromatic N) is 4. The molecular formula is C15H13FN4O3S. The van der Waals surface area contributed by atoms with Crippen molar-refractivity contribution in [3.63, 3.8) is 0 Å². The van der Waals surface area contributed by atoms with E-state index in [9.17, 15) is 14.0 Å². The van der Waals surface area contributed by atoms with E-state index in [0.29, 0.717) is 5.69 Å². The smallest absolute Gasteiger partial charge is 0.348 e. The molecule has 2 heterocycles. The molecule has 2 aromatic rings. The van der Waals surface area contributed by atoms with Crippen LogP contribution in [0.4, 0.5) is 10.1 Å². The summed E-state index contributed by atoms with van der Waals surface area (Å²) in [4.78, 5) is 26.4. The van der Waals surface area contributed by atoms with Gasteiger partial charge >= 0.3 is 5.69 Å². The molecule has 0 N–H and O–H groups in total. The van der Waals surface area contributed by atoms with Crippen LogP contribution in [0.3, 0.4) is 0 Å². The first-order valence-corrected chi connectivity index (χ1v) is 7.33. The third-order valence-electron chi connectivity index (χ3n) is 3.83. The van der Waals surface area contributed by atoms with Gasteiger partial charge in [0.25, 0.3) is 12.1 Å². The molecule has 1 aromatic heterocycles. The van der Waals surface area contributed by atoms with Crippen LogP contribution in [0.15, 0.2) is 23.0 Å². The average molecular weight is 348 g/mol. The van der Waals surface area contributed by atoms with Crippen molar-refractivity contribution in [3.8, 4) is 18.1 Å². The summed E-state index contributed by atoms with van der Waals surface area (Å²) in [5.74, 6) is 1.40. The van der Waals surface area contributed by atoms with Gasteiger partial charge in [-0.05, 0) is 24.4 Å². The fourth-order valence-corrected chi connectivity index (χ4v) is 2.79. The quantitative estimate of drug-likeness (QED) is 0.599. The number of hydrogen-bond acceptors (Lipinski definition) is 4. The Morgan fingerprint density at radius 3 is 2.62 bits per heavy atom. The fraction of sp³-hybridized carbons (Fsp3) is 0.267. The van der Waals surface area contributed by atoms with Gasteiger partial charge in [-0.15, -0.1) is 6.42 Å². The van der Waals surface area contributed by atoms with Crippen LogP contribution in [0.2, 0.25) is 0 Å². The minimum absolute atomic E-state index is 0.0439. The molecule has 0 saturated heterocycles. The summed E-state index contributed by atoms with van der Waals surface area (Å²) >= 11 is 5.20. The molecule has 1 amide bonds. The zero-order valence-electron chi connectivity index (χ0n) is 12.9. The average Bonchev–Trinajstić information content (AvgIpc) is 2.74. The van der Waals surface area contributed by atoms with Gasteiger partial charge in [0.1, 0.15) is 11.6 Å². The summed E-state index contributed by atoms with van der Waals surface area (Å²) in [5, 5.41) is 0. The number of rotatable bonds is 2. The Kier molecular flexibility index (Phi) is 3.77. The summed E-state index contributed by atoms with van der Waals surface area (Å²) in [6.07, 6.45) is 3.98.